The highest BCUT2D eigenvalue weighted by atomic mass is 19.1. The molecule has 0 saturated carbocycles. The number of rotatable bonds is 7. The number of pyridine rings is 1. The Balaban J connectivity index is 1.26. The van der Waals surface area contributed by atoms with E-state index in [0.717, 1.165) is 44.5 Å². The quantitative estimate of drug-likeness (QED) is 0.518. The van der Waals surface area contributed by atoms with E-state index >= 15 is 0 Å². The number of aliphatic imine (C=N–C) groups is 1. The molecule has 1 amide bonds. The van der Waals surface area contributed by atoms with Gasteiger partial charge >= 0.3 is 0 Å². The second-order valence-corrected chi connectivity index (χ2v) is 9.80. The number of nitrogens with zero attached hydrogens (tertiary/aromatic N) is 3. The fraction of sp³-hybridized carbons (Fsp3) is 0.345. The van der Waals surface area contributed by atoms with Crippen LogP contribution in [-0.4, -0.2) is 52.7 Å². The van der Waals surface area contributed by atoms with Crippen LogP contribution in [0.1, 0.15) is 48.8 Å². The molecule has 1 fully saturated rings. The number of H-pyrrole nitrogens is 1. The van der Waals surface area contributed by atoms with Gasteiger partial charge in [-0.2, -0.15) is 0 Å². The van der Waals surface area contributed by atoms with E-state index in [0.29, 0.717) is 29.4 Å². The molecule has 0 spiro atoms. The number of amidine groups is 1. The molecule has 1 aromatic heterocycles. The number of carbonyl (C=O) groups is 1. The number of aromatic nitrogens is 1. The summed E-state index contributed by atoms with van der Waals surface area (Å²) in [5.74, 6) is -0.0318. The number of likely N-dealkylation sites (tertiary alicyclic amines) is 1. The number of hydrogen-bond acceptors (Lipinski definition) is 4. The summed E-state index contributed by atoms with van der Waals surface area (Å²) in [6, 6.07) is 15.2. The fourth-order valence-corrected chi connectivity index (χ4v) is 5.54. The third-order valence-electron chi connectivity index (χ3n) is 7.51. The van der Waals surface area contributed by atoms with Gasteiger partial charge in [0.25, 0.3) is 5.91 Å². The number of piperidine rings is 1. The second kappa shape index (κ2) is 10.4. The van der Waals surface area contributed by atoms with E-state index < -0.39 is 17.2 Å². The first-order valence-electron chi connectivity index (χ1n) is 12.7. The molecule has 37 heavy (non-hydrogen) atoms. The van der Waals surface area contributed by atoms with Crippen molar-refractivity contribution in [1.82, 2.24) is 14.8 Å². The molecule has 2 aliphatic heterocycles. The van der Waals surface area contributed by atoms with Crippen LogP contribution in [0.15, 0.2) is 76.6 Å². The molecule has 6 nitrogen and oxygen atoms in total. The number of halogens is 2. The Hall–Kier alpha value is -3.65. The van der Waals surface area contributed by atoms with Gasteiger partial charge in [0.1, 0.15) is 17.5 Å². The van der Waals surface area contributed by atoms with Gasteiger partial charge in [-0.25, -0.2) is 13.8 Å². The third kappa shape index (κ3) is 4.98. The smallest absolute Gasteiger partial charge is 0.265 e. The predicted molar refractivity (Wildman–Crippen MR) is 138 cm³/mol. The van der Waals surface area contributed by atoms with Gasteiger partial charge in [-0.3, -0.25) is 14.5 Å². The van der Waals surface area contributed by atoms with Gasteiger partial charge in [0.05, 0.1) is 0 Å². The lowest BCUT2D eigenvalue weighted by atomic mass is 9.82. The number of amides is 1. The first kappa shape index (κ1) is 25.0. The van der Waals surface area contributed by atoms with Crippen molar-refractivity contribution >= 4 is 11.7 Å². The summed E-state index contributed by atoms with van der Waals surface area (Å²) in [6.07, 6.45) is 4.46. The molecule has 2 aromatic carbocycles. The van der Waals surface area contributed by atoms with E-state index in [4.69, 9.17) is 4.99 Å². The van der Waals surface area contributed by atoms with Crippen LogP contribution in [0.5, 0.6) is 0 Å². The predicted octanol–water partition coefficient (Wildman–Crippen LogP) is 4.43. The first-order valence-corrected chi connectivity index (χ1v) is 12.7. The Morgan fingerprint density at radius 2 is 1.51 bits per heavy atom. The summed E-state index contributed by atoms with van der Waals surface area (Å²) in [7, 11) is 0. The molecule has 5 rings (SSSR count). The van der Waals surface area contributed by atoms with Crippen molar-refractivity contribution in [3.05, 3.63) is 106 Å². The molecule has 3 aromatic rings. The van der Waals surface area contributed by atoms with Crippen LogP contribution < -0.4 is 5.56 Å². The van der Waals surface area contributed by atoms with Crippen molar-refractivity contribution in [2.75, 3.05) is 26.2 Å². The summed E-state index contributed by atoms with van der Waals surface area (Å²) in [6.45, 7) is 5.03. The Kier molecular flexibility index (Phi) is 7.02. The molecule has 1 saturated heterocycles. The number of nitrogens with one attached hydrogen (secondary N) is 1. The largest absolute Gasteiger partial charge is 0.329 e. The van der Waals surface area contributed by atoms with E-state index in [-0.39, 0.29) is 11.5 Å². The summed E-state index contributed by atoms with van der Waals surface area (Å²) in [5, 5.41) is 0. The van der Waals surface area contributed by atoms with Crippen LogP contribution in [0.4, 0.5) is 8.78 Å². The number of aromatic amines is 1. The lowest BCUT2D eigenvalue weighted by molar-refractivity contribution is -0.130. The minimum atomic E-state index is -1.36. The van der Waals surface area contributed by atoms with Gasteiger partial charge in [-0.15, -0.1) is 0 Å². The Bertz CT molecular complexity index is 1300. The second-order valence-electron chi connectivity index (χ2n) is 9.80. The van der Waals surface area contributed by atoms with Gasteiger partial charge < -0.3 is 9.88 Å². The number of hydrogen-bond donors (Lipinski definition) is 1. The Labute approximate surface area is 214 Å². The molecule has 0 aliphatic carbocycles. The molecule has 192 valence electrons. The molecule has 0 bridgehead atoms. The molecule has 3 heterocycles. The van der Waals surface area contributed by atoms with E-state index in [9.17, 15) is 18.4 Å². The SMILES string of the molecule is CC1=NC(c2ccc(F)cc2)(c2ccc(F)cc2)C(=O)N1CCCN1CCC(c2cc[nH]c(=O)c2)CC1. The lowest BCUT2D eigenvalue weighted by Gasteiger charge is -2.32. The zero-order valence-corrected chi connectivity index (χ0v) is 20.8. The summed E-state index contributed by atoms with van der Waals surface area (Å²) in [5.41, 5.74) is 0.765. The maximum atomic E-state index is 13.9. The monoisotopic (exact) mass is 504 g/mol. The maximum absolute atomic E-state index is 13.9. The third-order valence-corrected chi connectivity index (χ3v) is 7.51. The molecule has 2 aliphatic rings. The van der Waals surface area contributed by atoms with Crippen LogP contribution in [0.25, 0.3) is 0 Å². The van der Waals surface area contributed by atoms with Crippen molar-refractivity contribution in [3.63, 3.8) is 0 Å². The first-order chi connectivity index (χ1) is 17.9. The van der Waals surface area contributed by atoms with Crippen LogP contribution >= 0.6 is 0 Å². The fourth-order valence-electron chi connectivity index (χ4n) is 5.54. The highest BCUT2D eigenvalue weighted by Crippen LogP contribution is 2.40. The van der Waals surface area contributed by atoms with Crippen LogP contribution in [-0.2, 0) is 10.3 Å². The van der Waals surface area contributed by atoms with Crippen molar-refractivity contribution in [1.29, 1.82) is 0 Å². The lowest BCUT2D eigenvalue weighted by Crippen LogP contribution is -2.43. The average Bonchev–Trinajstić information content (AvgIpc) is 3.15. The average molecular weight is 505 g/mol. The van der Waals surface area contributed by atoms with E-state index in [1.165, 1.54) is 24.3 Å². The zero-order valence-electron chi connectivity index (χ0n) is 20.8. The molecule has 8 heteroatoms. The molecular weight excluding hydrogens is 474 g/mol. The topological polar surface area (TPSA) is 68.8 Å². The highest BCUT2D eigenvalue weighted by Gasteiger charge is 2.49. The van der Waals surface area contributed by atoms with Crippen molar-refractivity contribution < 1.29 is 13.6 Å². The van der Waals surface area contributed by atoms with Crippen molar-refractivity contribution in [2.24, 2.45) is 4.99 Å². The van der Waals surface area contributed by atoms with Gasteiger partial charge in [-0.05, 0) is 98.8 Å². The highest BCUT2D eigenvalue weighted by molar-refractivity contribution is 6.09. The summed E-state index contributed by atoms with van der Waals surface area (Å²) >= 11 is 0. The van der Waals surface area contributed by atoms with Gasteiger partial charge in [0.15, 0.2) is 5.54 Å². The number of carbonyl (C=O) groups excluding carboxylic acids is 1. The summed E-state index contributed by atoms with van der Waals surface area (Å²) < 4.78 is 27.4. The molecule has 1 N–H and O–H groups in total. The molecule has 0 unspecified atom stereocenters. The Morgan fingerprint density at radius 1 is 0.919 bits per heavy atom. The van der Waals surface area contributed by atoms with Gasteiger partial charge in [0, 0.05) is 18.8 Å². The summed E-state index contributed by atoms with van der Waals surface area (Å²) in [4.78, 5) is 37.1. The molecule has 0 atom stereocenters. The maximum Gasteiger partial charge on any atom is 0.265 e. The normalized spacial score (nSPS) is 18.3. The van der Waals surface area contributed by atoms with Crippen LogP contribution in [0, 0.1) is 11.6 Å². The van der Waals surface area contributed by atoms with Gasteiger partial charge in [0.2, 0.25) is 5.56 Å². The minimum absolute atomic E-state index is 0.0652. The Morgan fingerprint density at radius 3 is 2.08 bits per heavy atom. The van der Waals surface area contributed by atoms with Crippen LogP contribution in [0.3, 0.4) is 0 Å². The molecule has 0 radical (unpaired) electrons. The molecular formula is C29H30F2N4O2. The van der Waals surface area contributed by atoms with Gasteiger partial charge in [-0.1, -0.05) is 24.3 Å². The number of benzene rings is 2. The van der Waals surface area contributed by atoms with Crippen molar-refractivity contribution in [3.8, 4) is 0 Å². The standard InChI is InChI=1S/C29H30F2N4O2/c1-20-33-29(23-3-7-25(30)8-4-23,24-5-9-26(31)10-6-24)28(37)35(20)16-2-15-34-17-12-21(13-18-34)22-11-14-32-27(36)19-22/h3-11,14,19,21H,2,12-13,15-18H2,1H3,(H,32,36). The van der Waals surface area contributed by atoms with Crippen molar-refractivity contribution in [2.45, 2.75) is 37.6 Å². The van der Waals surface area contributed by atoms with E-state index in [1.807, 2.05) is 6.07 Å². The van der Waals surface area contributed by atoms with Crippen LogP contribution in [0.2, 0.25) is 0 Å². The van der Waals surface area contributed by atoms with E-state index in [2.05, 4.69) is 9.88 Å². The van der Waals surface area contributed by atoms with E-state index in [1.54, 1.807) is 48.4 Å². The zero-order chi connectivity index (χ0) is 26.0. The minimum Gasteiger partial charge on any atom is -0.329 e.